The van der Waals surface area contributed by atoms with Crippen LogP contribution in [0.3, 0.4) is 0 Å². The van der Waals surface area contributed by atoms with Crippen LogP contribution in [0.2, 0.25) is 0 Å². The number of carbonyl (C=O) groups excluding carboxylic acids is 1. The molecule has 0 fully saturated rings. The summed E-state index contributed by atoms with van der Waals surface area (Å²) in [7, 11) is -2.03. The van der Waals surface area contributed by atoms with Crippen LogP contribution in [0.4, 0.5) is 5.13 Å². The molecule has 0 atom stereocenters. The lowest BCUT2D eigenvalue weighted by Crippen LogP contribution is -2.31. The number of aromatic nitrogens is 2. The first kappa shape index (κ1) is 26.3. The average molecular weight is 541 g/mol. The minimum Gasteiger partial charge on any atom is -0.279 e. The van der Waals surface area contributed by atoms with E-state index in [0.717, 1.165) is 33.5 Å². The van der Waals surface area contributed by atoms with Gasteiger partial charge in [-0.05, 0) is 60.7 Å². The molecule has 1 amide bonds. The number of rotatable bonds is 10. The number of pyridine rings is 1. The predicted octanol–water partition coefficient (Wildman–Crippen LogP) is 5.68. The Bertz CT molecular complexity index is 1440. The number of carbonyl (C=O) groups is 1. The van der Waals surface area contributed by atoms with Crippen molar-refractivity contribution in [1.82, 2.24) is 14.3 Å². The SMILES string of the molecule is CCCCN(C)S(=O)(=O)c1ccc(C(=O)N(Cc2cccnc2)c2nc3c(SC)cccc3s2)cc1. The molecule has 36 heavy (non-hydrogen) atoms. The quantitative estimate of drug-likeness (QED) is 0.241. The van der Waals surface area contributed by atoms with Crippen LogP contribution < -0.4 is 4.90 Å². The Morgan fingerprint density at radius 2 is 1.86 bits per heavy atom. The number of nitrogens with zero attached hydrogens (tertiary/aromatic N) is 4. The first-order valence-corrected chi connectivity index (χ1v) is 15.0. The standard InChI is InChI=1S/C26H28N4O3S3/c1-4-5-16-29(2)36(32,33)21-13-11-20(12-14-21)25(31)30(18-19-8-7-15-27-17-19)26-28-24-22(34-3)9-6-10-23(24)35-26/h6-15,17H,4-5,16,18H2,1-3H3. The zero-order chi connectivity index (χ0) is 25.7. The topological polar surface area (TPSA) is 83.5 Å². The highest BCUT2D eigenvalue weighted by atomic mass is 32.2. The zero-order valence-corrected chi connectivity index (χ0v) is 22.9. The Balaban J connectivity index is 1.68. The Morgan fingerprint density at radius 1 is 1.08 bits per heavy atom. The van der Waals surface area contributed by atoms with E-state index in [1.54, 1.807) is 48.2 Å². The van der Waals surface area contributed by atoms with Crippen molar-refractivity contribution in [2.75, 3.05) is 24.7 Å². The normalized spacial score (nSPS) is 11.8. The number of thioether (sulfide) groups is 1. The molecule has 0 radical (unpaired) electrons. The molecule has 0 aliphatic heterocycles. The average Bonchev–Trinajstić information content (AvgIpc) is 3.34. The predicted molar refractivity (Wildman–Crippen MR) is 147 cm³/mol. The van der Waals surface area contributed by atoms with Crippen LogP contribution >= 0.6 is 23.1 Å². The maximum absolute atomic E-state index is 13.7. The highest BCUT2D eigenvalue weighted by Crippen LogP contribution is 2.35. The van der Waals surface area contributed by atoms with Gasteiger partial charge >= 0.3 is 0 Å². The van der Waals surface area contributed by atoms with Crippen LogP contribution in [0.15, 0.2) is 76.8 Å². The maximum Gasteiger partial charge on any atom is 0.260 e. The third-order valence-electron chi connectivity index (χ3n) is 5.77. The molecular weight excluding hydrogens is 513 g/mol. The highest BCUT2D eigenvalue weighted by Gasteiger charge is 2.25. The van der Waals surface area contributed by atoms with Crippen molar-refractivity contribution >= 4 is 54.4 Å². The van der Waals surface area contributed by atoms with E-state index in [4.69, 9.17) is 4.98 Å². The Labute approximate surface area is 220 Å². The molecule has 2 aromatic carbocycles. The summed E-state index contributed by atoms with van der Waals surface area (Å²) in [4.78, 5) is 25.6. The third-order valence-corrected chi connectivity index (χ3v) is 9.45. The molecule has 0 N–H and O–H groups in total. The lowest BCUT2D eigenvalue weighted by Gasteiger charge is -2.20. The monoisotopic (exact) mass is 540 g/mol. The Kier molecular flexibility index (Phi) is 8.40. The van der Waals surface area contributed by atoms with E-state index in [9.17, 15) is 13.2 Å². The van der Waals surface area contributed by atoms with E-state index in [1.165, 1.54) is 27.8 Å². The largest absolute Gasteiger partial charge is 0.279 e. The van der Waals surface area contributed by atoms with Crippen LogP contribution in [0.25, 0.3) is 10.2 Å². The molecule has 0 unspecified atom stereocenters. The lowest BCUT2D eigenvalue weighted by molar-refractivity contribution is 0.0985. The number of benzene rings is 2. The van der Waals surface area contributed by atoms with Gasteiger partial charge in [0.1, 0.15) is 0 Å². The number of amides is 1. The van der Waals surface area contributed by atoms with Gasteiger partial charge in [0.25, 0.3) is 5.91 Å². The van der Waals surface area contributed by atoms with Gasteiger partial charge in [-0.15, -0.1) is 11.8 Å². The maximum atomic E-state index is 13.7. The molecule has 10 heteroatoms. The minimum absolute atomic E-state index is 0.168. The Morgan fingerprint density at radius 3 is 2.53 bits per heavy atom. The second-order valence-corrected chi connectivity index (χ2v) is 12.2. The fourth-order valence-corrected chi connectivity index (χ4v) is 6.53. The summed E-state index contributed by atoms with van der Waals surface area (Å²) in [6.07, 6.45) is 7.11. The van der Waals surface area contributed by atoms with Crippen LogP contribution in [0.1, 0.15) is 35.7 Å². The van der Waals surface area contributed by atoms with Crippen molar-refractivity contribution in [3.05, 3.63) is 78.1 Å². The van der Waals surface area contributed by atoms with Crippen LogP contribution in [0, 0.1) is 0 Å². The van der Waals surface area contributed by atoms with Gasteiger partial charge in [-0.25, -0.2) is 17.7 Å². The molecule has 188 valence electrons. The summed E-state index contributed by atoms with van der Waals surface area (Å²) in [5, 5.41) is 0.580. The van der Waals surface area contributed by atoms with Crippen molar-refractivity contribution in [1.29, 1.82) is 0 Å². The van der Waals surface area contributed by atoms with Crippen LogP contribution in [-0.4, -0.2) is 48.4 Å². The van der Waals surface area contributed by atoms with Gasteiger partial charge in [-0.2, -0.15) is 0 Å². The van der Waals surface area contributed by atoms with Gasteiger partial charge in [0.15, 0.2) is 5.13 Å². The molecule has 0 saturated heterocycles. The van der Waals surface area contributed by atoms with E-state index >= 15 is 0 Å². The number of hydrogen-bond donors (Lipinski definition) is 0. The van der Waals surface area contributed by atoms with Gasteiger partial charge in [0.2, 0.25) is 10.0 Å². The second kappa shape index (κ2) is 11.5. The van der Waals surface area contributed by atoms with Crippen molar-refractivity contribution in [3.63, 3.8) is 0 Å². The van der Waals surface area contributed by atoms with Crippen molar-refractivity contribution in [3.8, 4) is 0 Å². The fraction of sp³-hybridized carbons (Fsp3) is 0.269. The summed E-state index contributed by atoms with van der Waals surface area (Å²) in [5.74, 6) is -0.258. The zero-order valence-electron chi connectivity index (χ0n) is 20.4. The first-order valence-electron chi connectivity index (χ1n) is 11.6. The van der Waals surface area contributed by atoms with Crippen molar-refractivity contribution in [2.45, 2.75) is 36.1 Å². The van der Waals surface area contributed by atoms with E-state index in [-0.39, 0.29) is 10.8 Å². The number of unbranched alkanes of at least 4 members (excludes halogenated alkanes) is 1. The molecule has 0 aliphatic rings. The summed E-state index contributed by atoms with van der Waals surface area (Å²) >= 11 is 3.07. The molecule has 0 aliphatic carbocycles. The molecule has 2 heterocycles. The number of anilines is 1. The molecule has 4 rings (SSSR count). The van der Waals surface area contributed by atoms with E-state index < -0.39 is 10.0 Å². The molecule has 2 aromatic heterocycles. The number of para-hydroxylation sites is 1. The number of thiazole rings is 1. The molecule has 0 saturated carbocycles. The number of sulfonamides is 1. The molecule has 0 spiro atoms. The van der Waals surface area contributed by atoms with Gasteiger partial charge in [0, 0.05) is 36.4 Å². The van der Waals surface area contributed by atoms with Gasteiger partial charge < -0.3 is 0 Å². The van der Waals surface area contributed by atoms with E-state index in [1.807, 2.05) is 43.5 Å². The van der Waals surface area contributed by atoms with Gasteiger partial charge in [-0.3, -0.25) is 14.7 Å². The minimum atomic E-state index is -3.61. The van der Waals surface area contributed by atoms with Crippen LogP contribution in [0.5, 0.6) is 0 Å². The third kappa shape index (κ3) is 5.62. The fourth-order valence-electron chi connectivity index (χ4n) is 3.70. The smallest absolute Gasteiger partial charge is 0.260 e. The molecule has 7 nitrogen and oxygen atoms in total. The van der Waals surface area contributed by atoms with Crippen molar-refractivity contribution < 1.29 is 13.2 Å². The van der Waals surface area contributed by atoms with E-state index in [2.05, 4.69) is 4.98 Å². The summed E-state index contributed by atoms with van der Waals surface area (Å²) < 4.78 is 28.1. The highest BCUT2D eigenvalue weighted by molar-refractivity contribution is 7.98. The number of fused-ring (bicyclic) bond motifs is 1. The lowest BCUT2D eigenvalue weighted by atomic mass is 10.2. The van der Waals surface area contributed by atoms with Gasteiger partial charge in [0.05, 0.1) is 21.7 Å². The second-order valence-electron chi connectivity index (χ2n) is 8.26. The first-order chi connectivity index (χ1) is 17.3. The summed E-state index contributed by atoms with van der Waals surface area (Å²) in [6.45, 7) is 2.76. The van der Waals surface area contributed by atoms with Gasteiger partial charge in [-0.1, -0.05) is 36.8 Å². The molecule has 0 bridgehead atoms. The number of hydrogen-bond acceptors (Lipinski definition) is 7. The van der Waals surface area contributed by atoms with E-state index in [0.29, 0.717) is 23.8 Å². The molecular formula is C26H28N4O3S3. The van der Waals surface area contributed by atoms with Crippen molar-refractivity contribution in [2.24, 2.45) is 0 Å². The van der Waals surface area contributed by atoms with Crippen LogP contribution in [-0.2, 0) is 16.6 Å². The Hall–Kier alpha value is -2.79. The summed E-state index contributed by atoms with van der Waals surface area (Å²) in [5.41, 5.74) is 2.12. The molecule has 4 aromatic rings. The summed E-state index contributed by atoms with van der Waals surface area (Å²) in [6, 6.07) is 15.9.